The third-order valence-corrected chi connectivity index (χ3v) is 6.45. The second kappa shape index (κ2) is 6.73. The Balaban J connectivity index is 1.25. The number of methoxy groups -OCH3 is 1. The van der Waals surface area contributed by atoms with E-state index < -0.39 is 0 Å². The molecule has 5 rings (SSSR count). The van der Waals surface area contributed by atoms with Crippen molar-refractivity contribution in [2.24, 2.45) is 0 Å². The van der Waals surface area contributed by atoms with E-state index in [0.29, 0.717) is 18.6 Å². The Morgan fingerprint density at radius 2 is 1.75 bits per heavy atom. The highest BCUT2D eigenvalue weighted by Crippen LogP contribution is 2.50. The quantitative estimate of drug-likeness (QED) is 0.809. The first-order valence-corrected chi connectivity index (χ1v) is 10.0. The molecule has 0 radical (unpaired) electrons. The van der Waals surface area contributed by atoms with Gasteiger partial charge in [-0.25, -0.2) is 0 Å². The van der Waals surface area contributed by atoms with Crippen molar-refractivity contribution in [3.05, 3.63) is 53.6 Å². The zero-order valence-corrected chi connectivity index (χ0v) is 16.1. The zero-order valence-electron chi connectivity index (χ0n) is 16.1. The Bertz CT molecular complexity index is 880. The summed E-state index contributed by atoms with van der Waals surface area (Å²) in [6, 6.07) is 14.2. The van der Waals surface area contributed by atoms with Gasteiger partial charge in [0.15, 0.2) is 11.5 Å². The fraction of sp³-hybridized carbons (Fsp3) is 0.435. The van der Waals surface area contributed by atoms with Crippen LogP contribution < -0.4 is 14.2 Å². The van der Waals surface area contributed by atoms with Crippen LogP contribution in [0.4, 0.5) is 0 Å². The normalized spacial score (nSPS) is 20.1. The van der Waals surface area contributed by atoms with Crippen molar-refractivity contribution in [2.75, 3.05) is 27.0 Å². The zero-order chi connectivity index (χ0) is 19.1. The molecular weight excluding hydrogens is 354 g/mol. The summed E-state index contributed by atoms with van der Waals surface area (Å²) < 4.78 is 16.2. The molecule has 146 valence electrons. The average molecular weight is 379 g/mol. The molecule has 1 saturated heterocycles. The first kappa shape index (κ1) is 17.4. The van der Waals surface area contributed by atoms with Gasteiger partial charge in [0, 0.05) is 13.1 Å². The fourth-order valence-electron chi connectivity index (χ4n) is 4.55. The van der Waals surface area contributed by atoms with Gasteiger partial charge in [0.05, 0.1) is 12.5 Å². The molecule has 2 aliphatic heterocycles. The van der Waals surface area contributed by atoms with Crippen LogP contribution in [0.1, 0.15) is 42.7 Å². The summed E-state index contributed by atoms with van der Waals surface area (Å²) in [4.78, 5) is 15.4. The molecule has 0 spiro atoms. The van der Waals surface area contributed by atoms with Crippen LogP contribution in [0, 0.1) is 0 Å². The number of fused-ring (bicyclic) bond motifs is 1. The van der Waals surface area contributed by atoms with Crippen LogP contribution in [0.15, 0.2) is 42.5 Å². The molecule has 0 aromatic heterocycles. The number of hydrogen-bond acceptors (Lipinski definition) is 4. The number of rotatable bonds is 4. The molecule has 2 heterocycles. The van der Waals surface area contributed by atoms with Crippen LogP contribution in [0.25, 0.3) is 0 Å². The molecular formula is C23H25NO4. The Morgan fingerprint density at radius 3 is 2.43 bits per heavy atom. The number of hydrogen-bond donors (Lipinski definition) is 0. The van der Waals surface area contributed by atoms with Crippen LogP contribution >= 0.6 is 0 Å². The Morgan fingerprint density at radius 1 is 1.04 bits per heavy atom. The number of nitrogens with zero attached hydrogens (tertiary/aromatic N) is 1. The van der Waals surface area contributed by atoms with E-state index in [2.05, 4.69) is 17.0 Å². The van der Waals surface area contributed by atoms with Gasteiger partial charge < -0.3 is 19.1 Å². The maximum atomic E-state index is 13.3. The van der Waals surface area contributed by atoms with Gasteiger partial charge in [-0.3, -0.25) is 4.79 Å². The number of piperidine rings is 1. The third-order valence-electron chi connectivity index (χ3n) is 6.45. The van der Waals surface area contributed by atoms with E-state index in [1.54, 1.807) is 7.11 Å². The van der Waals surface area contributed by atoms with E-state index in [4.69, 9.17) is 14.2 Å². The lowest BCUT2D eigenvalue weighted by atomic mass is 9.87. The van der Waals surface area contributed by atoms with Crippen molar-refractivity contribution in [1.29, 1.82) is 0 Å². The van der Waals surface area contributed by atoms with Gasteiger partial charge in [-0.2, -0.15) is 0 Å². The van der Waals surface area contributed by atoms with E-state index in [0.717, 1.165) is 61.6 Å². The Kier molecular flexibility index (Phi) is 4.18. The van der Waals surface area contributed by atoms with Gasteiger partial charge in [-0.05, 0) is 67.0 Å². The standard InChI is InChI=1S/C23H25NO4/c1-26-19-5-3-18(4-6-19)23(10-11-23)22(25)24-12-8-16(9-13-24)17-2-7-20-21(14-17)28-15-27-20/h2-7,14,16H,8-13,15H2,1H3. The van der Waals surface area contributed by atoms with Gasteiger partial charge >= 0.3 is 0 Å². The number of carbonyl (C=O) groups excluding carboxylic acids is 1. The second-order valence-corrected chi connectivity index (χ2v) is 7.99. The van der Waals surface area contributed by atoms with Gasteiger partial charge in [0.2, 0.25) is 12.7 Å². The molecule has 3 aliphatic rings. The van der Waals surface area contributed by atoms with Crippen molar-refractivity contribution in [3.63, 3.8) is 0 Å². The molecule has 2 aromatic carbocycles. The van der Waals surface area contributed by atoms with Crippen molar-refractivity contribution >= 4 is 5.91 Å². The number of amides is 1. The smallest absolute Gasteiger partial charge is 0.233 e. The minimum atomic E-state index is -0.308. The van der Waals surface area contributed by atoms with Gasteiger partial charge in [-0.1, -0.05) is 18.2 Å². The number of ether oxygens (including phenoxy) is 3. The highest BCUT2D eigenvalue weighted by molar-refractivity contribution is 5.91. The summed E-state index contributed by atoms with van der Waals surface area (Å²) in [5.74, 6) is 3.26. The van der Waals surface area contributed by atoms with Crippen molar-refractivity contribution in [1.82, 2.24) is 4.90 Å². The third kappa shape index (κ3) is 2.89. The van der Waals surface area contributed by atoms with Crippen LogP contribution in [-0.2, 0) is 10.2 Å². The van der Waals surface area contributed by atoms with E-state index in [-0.39, 0.29) is 5.41 Å². The molecule has 28 heavy (non-hydrogen) atoms. The summed E-state index contributed by atoms with van der Waals surface area (Å²) >= 11 is 0. The fourth-order valence-corrected chi connectivity index (χ4v) is 4.55. The molecule has 0 unspecified atom stereocenters. The topological polar surface area (TPSA) is 48.0 Å². The molecule has 5 heteroatoms. The van der Waals surface area contributed by atoms with Crippen LogP contribution in [0.3, 0.4) is 0 Å². The van der Waals surface area contributed by atoms with Crippen molar-refractivity contribution < 1.29 is 19.0 Å². The SMILES string of the molecule is COc1ccc(C2(C(=O)N3CCC(c4ccc5c(c4)OCO5)CC3)CC2)cc1. The molecule has 2 aromatic rings. The summed E-state index contributed by atoms with van der Waals surface area (Å²) in [6.45, 7) is 1.94. The molecule has 1 aliphatic carbocycles. The highest BCUT2D eigenvalue weighted by Gasteiger charge is 2.53. The van der Waals surface area contributed by atoms with Crippen LogP contribution in [0.2, 0.25) is 0 Å². The van der Waals surface area contributed by atoms with Crippen LogP contribution in [-0.4, -0.2) is 37.8 Å². The maximum absolute atomic E-state index is 13.3. The molecule has 0 N–H and O–H groups in total. The highest BCUT2D eigenvalue weighted by atomic mass is 16.7. The lowest BCUT2D eigenvalue weighted by Gasteiger charge is -2.35. The molecule has 2 fully saturated rings. The van der Waals surface area contributed by atoms with Crippen LogP contribution in [0.5, 0.6) is 17.2 Å². The van der Waals surface area contributed by atoms with Gasteiger partial charge in [-0.15, -0.1) is 0 Å². The Hall–Kier alpha value is -2.69. The van der Waals surface area contributed by atoms with Crippen molar-refractivity contribution in [2.45, 2.75) is 37.0 Å². The van der Waals surface area contributed by atoms with E-state index >= 15 is 0 Å². The minimum Gasteiger partial charge on any atom is -0.497 e. The average Bonchev–Trinajstić information content (AvgIpc) is 3.43. The molecule has 1 amide bonds. The van der Waals surface area contributed by atoms with Crippen molar-refractivity contribution in [3.8, 4) is 17.2 Å². The first-order chi connectivity index (χ1) is 13.7. The van der Waals surface area contributed by atoms with E-state index in [1.807, 2.05) is 30.3 Å². The lowest BCUT2D eigenvalue weighted by molar-refractivity contribution is -0.135. The number of benzene rings is 2. The molecule has 0 bridgehead atoms. The monoisotopic (exact) mass is 379 g/mol. The summed E-state index contributed by atoms with van der Waals surface area (Å²) in [5.41, 5.74) is 2.10. The summed E-state index contributed by atoms with van der Waals surface area (Å²) in [7, 11) is 1.66. The van der Waals surface area contributed by atoms with Gasteiger partial charge in [0.1, 0.15) is 5.75 Å². The molecule has 1 saturated carbocycles. The van der Waals surface area contributed by atoms with Gasteiger partial charge in [0.25, 0.3) is 0 Å². The largest absolute Gasteiger partial charge is 0.497 e. The van der Waals surface area contributed by atoms with E-state index in [9.17, 15) is 4.79 Å². The first-order valence-electron chi connectivity index (χ1n) is 10.0. The number of likely N-dealkylation sites (tertiary alicyclic amines) is 1. The predicted octanol–water partition coefficient (Wildman–Crippen LogP) is 3.86. The Labute approximate surface area is 165 Å². The maximum Gasteiger partial charge on any atom is 0.233 e. The summed E-state index contributed by atoms with van der Waals surface area (Å²) in [5, 5.41) is 0. The number of carbonyl (C=O) groups is 1. The lowest BCUT2D eigenvalue weighted by Crippen LogP contribution is -2.43. The van der Waals surface area contributed by atoms with E-state index in [1.165, 1.54) is 5.56 Å². The minimum absolute atomic E-state index is 0.293. The second-order valence-electron chi connectivity index (χ2n) is 7.99. The molecule has 5 nitrogen and oxygen atoms in total. The summed E-state index contributed by atoms with van der Waals surface area (Å²) in [6.07, 6.45) is 3.87. The molecule has 0 atom stereocenters. The predicted molar refractivity (Wildman–Crippen MR) is 105 cm³/mol.